The van der Waals surface area contributed by atoms with E-state index < -0.39 is 6.04 Å². The molecule has 0 bridgehead atoms. The molecule has 0 fully saturated rings. The Morgan fingerprint density at radius 2 is 1.89 bits per heavy atom. The van der Waals surface area contributed by atoms with E-state index in [1.54, 1.807) is 0 Å². The third-order valence-corrected chi connectivity index (χ3v) is 2.39. The number of nitrogens with one attached hydrogen (secondary N) is 1. The smallest absolute Gasteiger partial charge is 0.251 e. The standard InChI is InChI=1S/C15H23N3O/c1-5-11-16-14(19)13(17-18-15(2,3)4)12-9-7-6-8-10-12/h6-10,13H,5,11H2,1-4H3,(H,16,19). The topological polar surface area (TPSA) is 53.8 Å². The second-order valence-corrected chi connectivity index (χ2v) is 5.49. The van der Waals surface area contributed by atoms with Crippen molar-refractivity contribution in [3.8, 4) is 0 Å². The average Bonchev–Trinajstić information content (AvgIpc) is 2.36. The van der Waals surface area contributed by atoms with Gasteiger partial charge >= 0.3 is 0 Å². The van der Waals surface area contributed by atoms with Crippen LogP contribution in [0.5, 0.6) is 0 Å². The molecule has 1 N–H and O–H groups in total. The van der Waals surface area contributed by atoms with E-state index in [1.807, 2.05) is 58.0 Å². The Bertz CT molecular complexity index is 421. The monoisotopic (exact) mass is 261 g/mol. The molecular formula is C15H23N3O. The first kappa shape index (κ1) is 15.3. The summed E-state index contributed by atoms with van der Waals surface area (Å²) in [7, 11) is 0. The summed E-state index contributed by atoms with van der Waals surface area (Å²) in [4.78, 5) is 12.2. The van der Waals surface area contributed by atoms with E-state index in [1.165, 1.54) is 0 Å². The molecule has 104 valence electrons. The van der Waals surface area contributed by atoms with Crippen LogP contribution in [0, 0.1) is 0 Å². The lowest BCUT2D eigenvalue weighted by atomic mass is 10.1. The van der Waals surface area contributed by atoms with Crippen LogP contribution in [0.3, 0.4) is 0 Å². The largest absolute Gasteiger partial charge is 0.354 e. The van der Waals surface area contributed by atoms with Crippen LogP contribution in [0.15, 0.2) is 40.6 Å². The quantitative estimate of drug-likeness (QED) is 0.810. The van der Waals surface area contributed by atoms with Gasteiger partial charge in [-0.25, -0.2) is 0 Å². The van der Waals surface area contributed by atoms with Crippen molar-refractivity contribution in [2.45, 2.75) is 45.7 Å². The number of carbonyl (C=O) groups is 1. The second kappa shape index (κ2) is 7.02. The summed E-state index contributed by atoms with van der Waals surface area (Å²) in [6.07, 6.45) is 0.906. The van der Waals surface area contributed by atoms with Gasteiger partial charge in [0, 0.05) is 6.54 Å². The maximum atomic E-state index is 12.2. The molecule has 0 spiro atoms. The SMILES string of the molecule is CCCNC(=O)C(N=NC(C)(C)C)c1ccccc1. The van der Waals surface area contributed by atoms with E-state index >= 15 is 0 Å². The third kappa shape index (κ3) is 5.64. The maximum absolute atomic E-state index is 12.2. The van der Waals surface area contributed by atoms with E-state index in [4.69, 9.17) is 0 Å². The highest BCUT2D eigenvalue weighted by Crippen LogP contribution is 2.20. The number of nitrogens with zero attached hydrogens (tertiary/aromatic N) is 2. The molecule has 4 heteroatoms. The Labute approximate surface area is 115 Å². The van der Waals surface area contributed by atoms with Crippen LogP contribution in [0.1, 0.15) is 45.7 Å². The molecule has 0 saturated heterocycles. The molecule has 1 unspecified atom stereocenters. The van der Waals surface area contributed by atoms with Crippen molar-refractivity contribution in [3.05, 3.63) is 35.9 Å². The van der Waals surface area contributed by atoms with Gasteiger partial charge in [0.15, 0.2) is 6.04 Å². The van der Waals surface area contributed by atoms with Crippen LogP contribution in [0.4, 0.5) is 0 Å². The van der Waals surface area contributed by atoms with Gasteiger partial charge in [0.05, 0.1) is 5.54 Å². The first-order chi connectivity index (χ1) is 8.94. The zero-order valence-electron chi connectivity index (χ0n) is 12.2. The van der Waals surface area contributed by atoms with Crippen LogP contribution < -0.4 is 5.32 Å². The minimum atomic E-state index is -0.563. The van der Waals surface area contributed by atoms with Crippen LogP contribution in [-0.2, 0) is 4.79 Å². The summed E-state index contributed by atoms with van der Waals surface area (Å²) in [6.45, 7) is 8.56. The molecule has 0 aromatic heterocycles. The van der Waals surface area contributed by atoms with Gasteiger partial charge < -0.3 is 5.32 Å². The van der Waals surface area contributed by atoms with Crippen molar-refractivity contribution in [3.63, 3.8) is 0 Å². The number of benzene rings is 1. The highest BCUT2D eigenvalue weighted by molar-refractivity contribution is 5.83. The van der Waals surface area contributed by atoms with Crippen molar-refractivity contribution < 1.29 is 4.79 Å². The van der Waals surface area contributed by atoms with Crippen molar-refractivity contribution in [2.24, 2.45) is 10.2 Å². The highest BCUT2D eigenvalue weighted by Gasteiger charge is 2.20. The average molecular weight is 261 g/mol. The van der Waals surface area contributed by atoms with Crippen molar-refractivity contribution in [1.29, 1.82) is 0 Å². The molecule has 19 heavy (non-hydrogen) atoms. The fourth-order valence-corrected chi connectivity index (χ4v) is 1.48. The van der Waals surface area contributed by atoms with Gasteiger partial charge in [-0.3, -0.25) is 4.79 Å². The molecule has 0 aliphatic carbocycles. The zero-order chi connectivity index (χ0) is 14.3. The van der Waals surface area contributed by atoms with Crippen LogP contribution in [0.25, 0.3) is 0 Å². The van der Waals surface area contributed by atoms with E-state index in [2.05, 4.69) is 15.5 Å². The summed E-state index contributed by atoms with van der Waals surface area (Å²) in [5.41, 5.74) is 0.585. The van der Waals surface area contributed by atoms with Gasteiger partial charge in [-0.2, -0.15) is 10.2 Å². The second-order valence-electron chi connectivity index (χ2n) is 5.49. The zero-order valence-corrected chi connectivity index (χ0v) is 12.2. The molecule has 0 aliphatic heterocycles. The highest BCUT2D eigenvalue weighted by atomic mass is 16.2. The van der Waals surface area contributed by atoms with Crippen LogP contribution >= 0.6 is 0 Å². The number of rotatable bonds is 5. The van der Waals surface area contributed by atoms with Gasteiger partial charge in [-0.1, -0.05) is 37.3 Å². The van der Waals surface area contributed by atoms with Gasteiger partial charge in [-0.05, 0) is 32.8 Å². The van der Waals surface area contributed by atoms with Crippen LogP contribution in [-0.4, -0.2) is 18.0 Å². The molecule has 4 nitrogen and oxygen atoms in total. The number of hydrogen-bond donors (Lipinski definition) is 1. The number of carbonyl (C=O) groups excluding carboxylic acids is 1. The summed E-state index contributed by atoms with van der Waals surface area (Å²) in [5.74, 6) is -0.0962. The number of hydrogen-bond acceptors (Lipinski definition) is 3. The third-order valence-electron chi connectivity index (χ3n) is 2.39. The molecule has 1 aromatic carbocycles. The van der Waals surface area contributed by atoms with Gasteiger partial charge in [0.2, 0.25) is 0 Å². The van der Waals surface area contributed by atoms with E-state index in [-0.39, 0.29) is 11.4 Å². The first-order valence-corrected chi connectivity index (χ1v) is 6.68. The molecule has 1 atom stereocenters. The van der Waals surface area contributed by atoms with Crippen molar-refractivity contribution >= 4 is 5.91 Å². The normalized spacial score (nSPS) is 13.5. The fourth-order valence-electron chi connectivity index (χ4n) is 1.48. The van der Waals surface area contributed by atoms with Crippen molar-refractivity contribution in [1.82, 2.24) is 5.32 Å². The maximum Gasteiger partial charge on any atom is 0.251 e. The predicted molar refractivity (Wildman–Crippen MR) is 77.1 cm³/mol. The molecule has 1 aromatic rings. The van der Waals surface area contributed by atoms with E-state index in [0.717, 1.165) is 12.0 Å². The molecule has 1 amide bonds. The van der Waals surface area contributed by atoms with E-state index in [0.29, 0.717) is 6.54 Å². The minimum Gasteiger partial charge on any atom is -0.354 e. The molecule has 0 saturated carbocycles. The lowest BCUT2D eigenvalue weighted by Gasteiger charge is -2.15. The Balaban J connectivity index is 2.92. The summed E-state index contributed by atoms with van der Waals surface area (Å²) < 4.78 is 0. The lowest BCUT2D eigenvalue weighted by molar-refractivity contribution is -0.122. The molecule has 0 heterocycles. The molecule has 0 radical (unpaired) electrons. The minimum absolute atomic E-state index is 0.0962. The Kier molecular flexibility index (Phi) is 5.67. The predicted octanol–water partition coefficient (Wildman–Crippen LogP) is 3.50. The van der Waals surface area contributed by atoms with Gasteiger partial charge in [-0.15, -0.1) is 0 Å². The van der Waals surface area contributed by atoms with Crippen molar-refractivity contribution in [2.75, 3.05) is 6.54 Å². The van der Waals surface area contributed by atoms with Gasteiger partial charge in [0.25, 0.3) is 5.91 Å². The number of amides is 1. The number of azo groups is 1. The fraction of sp³-hybridized carbons (Fsp3) is 0.533. The summed E-state index contributed by atoms with van der Waals surface area (Å²) >= 11 is 0. The van der Waals surface area contributed by atoms with Gasteiger partial charge in [0.1, 0.15) is 0 Å². The van der Waals surface area contributed by atoms with E-state index in [9.17, 15) is 4.79 Å². The lowest BCUT2D eigenvalue weighted by Crippen LogP contribution is -2.29. The Hall–Kier alpha value is -1.71. The summed E-state index contributed by atoms with van der Waals surface area (Å²) in [6, 6.07) is 8.97. The molecule has 1 rings (SSSR count). The Morgan fingerprint density at radius 3 is 2.42 bits per heavy atom. The molecular weight excluding hydrogens is 238 g/mol. The summed E-state index contributed by atoms with van der Waals surface area (Å²) in [5, 5.41) is 11.3. The first-order valence-electron chi connectivity index (χ1n) is 6.68. The molecule has 0 aliphatic rings. The van der Waals surface area contributed by atoms with Crippen LogP contribution in [0.2, 0.25) is 0 Å². The Morgan fingerprint density at radius 1 is 1.26 bits per heavy atom.